The highest BCUT2D eigenvalue weighted by molar-refractivity contribution is 5.79. The maximum atomic E-state index is 12.7. The second-order valence-corrected chi connectivity index (χ2v) is 6.31. The normalized spacial score (nSPS) is 12.5. The minimum atomic E-state index is -0.0537. The van der Waals surface area contributed by atoms with E-state index in [1.165, 1.54) is 11.1 Å². The van der Waals surface area contributed by atoms with Crippen molar-refractivity contribution in [2.24, 2.45) is 17.6 Å². The molecule has 0 radical (unpaired) electrons. The molecule has 21 heavy (non-hydrogen) atoms. The van der Waals surface area contributed by atoms with E-state index in [0.29, 0.717) is 19.0 Å². The van der Waals surface area contributed by atoms with Gasteiger partial charge in [-0.1, -0.05) is 50.6 Å². The molecule has 0 bridgehead atoms. The average molecular weight is 290 g/mol. The minimum Gasteiger partial charge on any atom is -0.338 e. The third kappa shape index (κ3) is 5.88. The Bertz CT molecular complexity index is 425. The van der Waals surface area contributed by atoms with E-state index >= 15 is 0 Å². The van der Waals surface area contributed by atoms with Gasteiger partial charge in [-0.05, 0) is 31.2 Å². The summed E-state index contributed by atoms with van der Waals surface area (Å²) in [5.41, 5.74) is 8.25. The lowest BCUT2D eigenvalue weighted by atomic mass is 9.95. The first-order valence-electron chi connectivity index (χ1n) is 8.02. The zero-order valence-electron chi connectivity index (χ0n) is 13.9. The number of carbonyl (C=O) groups excluding carboxylic acids is 1. The van der Waals surface area contributed by atoms with Gasteiger partial charge in [0.25, 0.3) is 0 Å². The fraction of sp³-hybridized carbons (Fsp3) is 0.611. The van der Waals surface area contributed by atoms with Crippen molar-refractivity contribution in [3.8, 4) is 0 Å². The van der Waals surface area contributed by atoms with Gasteiger partial charge >= 0.3 is 0 Å². The van der Waals surface area contributed by atoms with Gasteiger partial charge in [-0.15, -0.1) is 0 Å². The summed E-state index contributed by atoms with van der Waals surface area (Å²) in [7, 11) is 0. The Balaban J connectivity index is 2.79. The molecule has 3 nitrogen and oxygen atoms in total. The van der Waals surface area contributed by atoms with Crippen molar-refractivity contribution >= 4 is 5.91 Å². The van der Waals surface area contributed by atoms with Crippen LogP contribution in [0.4, 0.5) is 0 Å². The fourth-order valence-electron chi connectivity index (χ4n) is 2.58. The molecule has 0 saturated carbocycles. The largest absolute Gasteiger partial charge is 0.338 e. The van der Waals surface area contributed by atoms with Gasteiger partial charge in [0.05, 0.1) is 5.92 Å². The minimum absolute atomic E-state index is 0.0537. The van der Waals surface area contributed by atoms with Crippen LogP contribution in [-0.2, 0) is 11.3 Å². The zero-order chi connectivity index (χ0) is 15.8. The first kappa shape index (κ1) is 17.7. The summed E-state index contributed by atoms with van der Waals surface area (Å²) in [6.45, 7) is 10.4. The lowest BCUT2D eigenvalue weighted by molar-refractivity contribution is -0.136. The molecule has 0 heterocycles. The van der Waals surface area contributed by atoms with Crippen LogP contribution in [0.25, 0.3) is 0 Å². The molecule has 0 saturated heterocycles. The summed E-state index contributed by atoms with van der Waals surface area (Å²) in [4.78, 5) is 14.7. The second kappa shape index (κ2) is 8.83. The van der Waals surface area contributed by atoms with E-state index in [1.807, 2.05) is 4.90 Å². The molecule has 0 fully saturated rings. The van der Waals surface area contributed by atoms with Crippen molar-refractivity contribution in [3.63, 3.8) is 0 Å². The molecule has 3 heteroatoms. The van der Waals surface area contributed by atoms with E-state index < -0.39 is 0 Å². The molecule has 0 aromatic heterocycles. The lowest BCUT2D eigenvalue weighted by Crippen LogP contribution is -2.39. The van der Waals surface area contributed by atoms with Crippen LogP contribution in [0.3, 0.4) is 0 Å². The molecule has 0 aliphatic rings. The third-order valence-corrected chi connectivity index (χ3v) is 3.69. The maximum absolute atomic E-state index is 12.7. The number of hydrogen-bond donors (Lipinski definition) is 1. The standard InChI is InChI=1S/C18H30N2O/c1-5-10-20(13-16-8-6-15(4)7-9-16)18(21)17(12-19)11-14(2)3/h6-9,14,17H,5,10-13,19H2,1-4H3. The topological polar surface area (TPSA) is 46.3 Å². The SMILES string of the molecule is CCCN(Cc1ccc(C)cc1)C(=O)C(CN)CC(C)C. The Morgan fingerprint density at radius 3 is 2.33 bits per heavy atom. The quantitative estimate of drug-likeness (QED) is 0.798. The number of amides is 1. The van der Waals surface area contributed by atoms with Crippen LogP contribution in [0.5, 0.6) is 0 Å². The van der Waals surface area contributed by atoms with Crippen molar-refractivity contribution in [2.75, 3.05) is 13.1 Å². The number of carbonyl (C=O) groups is 1. The van der Waals surface area contributed by atoms with Crippen molar-refractivity contribution in [1.29, 1.82) is 0 Å². The highest BCUT2D eigenvalue weighted by Crippen LogP contribution is 2.16. The van der Waals surface area contributed by atoms with Gasteiger partial charge in [0.2, 0.25) is 5.91 Å². The van der Waals surface area contributed by atoms with Crippen LogP contribution in [0.2, 0.25) is 0 Å². The van der Waals surface area contributed by atoms with Crippen molar-refractivity contribution in [1.82, 2.24) is 4.90 Å². The van der Waals surface area contributed by atoms with Crippen LogP contribution >= 0.6 is 0 Å². The first-order chi connectivity index (χ1) is 9.97. The van der Waals surface area contributed by atoms with E-state index in [4.69, 9.17) is 5.73 Å². The highest BCUT2D eigenvalue weighted by atomic mass is 16.2. The summed E-state index contributed by atoms with van der Waals surface area (Å²) in [6, 6.07) is 8.40. The molecule has 2 N–H and O–H groups in total. The number of aryl methyl sites for hydroxylation is 1. The number of nitrogens with two attached hydrogens (primary N) is 1. The Kier molecular flexibility index (Phi) is 7.44. The number of nitrogens with zero attached hydrogens (tertiary/aromatic N) is 1. The van der Waals surface area contributed by atoms with Gasteiger partial charge in [0.15, 0.2) is 0 Å². The molecule has 1 unspecified atom stereocenters. The highest BCUT2D eigenvalue weighted by Gasteiger charge is 2.23. The number of hydrogen-bond acceptors (Lipinski definition) is 2. The molecule has 1 aromatic rings. The van der Waals surface area contributed by atoms with E-state index in [0.717, 1.165) is 19.4 Å². The van der Waals surface area contributed by atoms with E-state index in [9.17, 15) is 4.79 Å². The average Bonchev–Trinajstić information content (AvgIpc) is 2.45. The zero-order valence-corrected chi connectivity index (χ0v) is 13.9. The van der Waals surface area contributed by atoms with Crippen molar-refractivity contribution < 1.29 is 4.79 Å². The Morgan fingerprint density at radius 1 is 1.24 bits per heavy atom. The molecular weight excluding hydrogens is 260 g/mol. The van der Waals surface area contributed by atoms with Crippen molar-refractivity contribution in [3.05, 3.63) is 35.4 Å². The van der Waals surface area contributed by atoms with E-state index in [-0.39, 0.29) is 11.8 Å². The Morgan fingerprint density at radius 2 is 1.86 bits per heavy atom. The lowest BCUT2D eigenvalue weighted by Gasteiger charge is -2.27. The Labute approximate surface area is 129 Å². The smallest absolute Gasteiger partial charge is 0.227 e. The molecule has 118 valence electrons. The predicted molar refractivity (Wildman–Crippen MR) is 88.9 cm³/mol. The first-order valence-corrected chi connectivity index (χ1v) is 8.02. The summed E-state index contributed by atoms with van der Waals surface area (Å²) in [5.74, 6) is 0.640. The fourth-order valence-corrected chi connectivity index (χ4v) is 2.58. The van der Waals surface area contributed by atoms with Gasteiger partial charge in [0, 0.05) is 19.6 Å². The van der Waals surface area contributed by atoms with E-state index in [1.54, 1.807) is 0 Å². The molecule has 0 aliphatic carbocycles. The third-order valence-electron chi connectivity index (χ3n) is 3.69. The van der Waals surface area contributed by atoms with Crippen LogP contribution in [0.1, 0.15) is 44.7 Å². The van der Waals surface area contributed by atoms with Crippen LogP contribution in [-0.4, -0.2) is 23.9 Å². The molecule has 1 atom stereocenters. The van der Waals surface area contributed by atoms with Crippen LogP contribution in [0, 0.1) is 18.8 Å². The van der Waals surface area contributed by atoms with Gasteiger partial charge < -0.3 is 10.6 Å². The van der Waals surface area contributed by atoms with Crippen LogP contribution < -0.4 is 5.73 Å². The maximum Gasteiger partial charge on any atom is 0.227 e. The van der Waals surface area contributed by atoms with Crippen molar-refractivity contribution in [2.45, 2.75) is 47.1 Å². The monoisotopic (exact) mass is 290 g/mol. The molecule has 1 amide bonds. The summed E-state index contributed by atoms with van der Waals surface area (Å²) in [5, 5.41) is 0. The molecule has 1 rings (SSSR count). The molecule has 1 aromatic carbocycles. The molecule has 0 spiro atoms. The summed E-state index contributed by atoms with van der Waals surface area (Å²) in [6.07, 6.45) is 1.83. The molecule has 0 aliphatic heterocycles. The number of rotatable bonds is 8. The summed E-state index contributed by atoms with van der Waals surface area (Å²) < 4.78 is 0. The predicted octanol–water partition coefficient (Wildman–Crippen LogP) is 3.35. The second-order valence-electron chi connectivity index (χ2n) is 6.31. The number of benzene rings is 1. The van der Waals surface area contributed by atoms with Crippen LogP contribution in [0.15, 0.2) is 24.3 Å². The van der Waals surface area contributed by atoms with E-state index in [2.05, 4.69) is 52.0 Å². The van der Waals surface area contributed by atoms with Gasteiger partial charge in [-0.25, -0.2) is 0 Å². The van der Waals surface area contributed by atoms with Gasteiger partial charge in [0.1, 0.15) is 0 Å². The molecular formula is C18H30N2O. The Hall–Kier alpha value is -1.35. The van der Waals surface area contributed by atoms with Gasteiger partial charge in [-0.3, -0.25) is 4.79 Å². The van der Waals surface area contributed by atoms with Gasteiger partial charge in [-0.2, -0.15) is 0 Å². The summed E-state index contributed by atoms with van der Waals surface area (Å²) >= 11 is 0.